The highest BCUT2D eigenvalue weighted by Gasteiger charge is 2.13. The monoisotopic (exact) mass is 475 g/mol. The first-order valence-electron chi connectivity index (χ1n) is 11.1. The number of nitrogens with zero attached hydrogens (tertiary/aromatic N) is 3. The van der Waals surface area contributed by atoms with Gasteiger partial charge in [0.15, 0.2) is 0 Å². The van der Waals surface area contributed by atoms with E-state index in [1.807, 2.05) is 54.6 Å². The number of benzene rings is 2. The Labute approximate surface area is 206 Å². The number of hydrogen-bond donors (Lipinski definition) is 4. The number of anilines is 2. The first-order chi connectivity index (χ1) is 17.7. The number of aromatic amines is 1. The molecule has 36 heavy (non-hydrogen) atoms. The Morgan fingerprint density at radius 3 is 2.53 bits per heavy atom. The Bertz CT molecular complexity index is 1550. The van der Waals surface area contributed by atoms with Crippen molar-refractivity contribution >= 4 is 46.2 Å². The summed E-state index contributed by atoms with van der Waals surface area (Å²) in [5, 5.41) is 11.7. The van der Waals surface area contributed by atoms with E-state index in [2.05, 4.69) is 36.3 Å². The lowest BCUT2D eigenvalue weighted by atomic mass is 10.1. The Hall–Kier alpha value is -5.31. The van der Waals surface area contributed by atoms with Crippen LogP contribution >= 0.6 is 0 Å². The molecule has 0 atom stereocenters. The van der Waals surface area contributed by atoms with E-state index in [0.29, 0.717) is 16.8 Å². The molecule has 0 radical (unpaired) electrons. The molecule has 5 aromatic rings. The van der Waals surface area contributed by atoms with Crippen molar-refractivity contribution in [2.24, 2.45) is 0 Å². The maximum atomic E-state index is 12.8. The zero-order valence-electron chi connectivity index (χ0n) is 19.0. The van der Waals surface area contributed by atoms with Gasteiger partial charge in [0, 0.05) is 29.7 Å². The normalized spacial score (nSPS) is 10.9. The second kappa shape index (κ2) is 10.3. The van der Waals surface area contributed by atoms with Crippen LogP contribution in [0.1, 0.15) is 32.1 Å². The summed E-state index contributed by atoms with van der Waals surface area (Å²) in [6.45, 7) is 0. The minimum atomic E-state index is -0.459. The number of carbonyl (C=O) groups is 2. The maximum absolute atomic E-state index is 12.8. The molecule has 0 saturated carbocycles. The van der Waals surface area contributed by atoms with Crippen LogP contribution in [0.15, 0.2) is 91.4 Å². The Kier molecular flexibility index (Phi) is 6.44. The first-order valence-corrected chi connectivity index (χ1v) is 11.1. The number of para-hydroxylation sites is 1. The summed E-state index contributed by atoms with van der Waals surface area (Å²) < 4.78 is 0. The second-order valence-corrected chi connectivity index (χ2v) is 7.78. The molecule has 9 heteroatoms. The molecule has 3 aromatic heterocycles. The van der Waals surface area contributed by atoms with Crippen molar-refractivity contribution in [1.29, 1.82) is 0 Å². The number of carbonyl (C=O) groups excluding carboxylic acids is 2. The molecule has 0 fully saturated rings. The Morgan fingerprint density at radius 2 is 1.69 bits per heavy atom. The van der Waals surface area contributed by atoms with E-state index in [-0.39, 0.29) is 0 Å². The lowest BCUT2D eigenvalue weighted by Crippen LogP contribution is -2.41. The lowest BCUT2D eigenvalue weighted by Gasteiger charge is -2.13. The van der Waals surface area contributed by atoms with E-state index in [1.165, 1.54) is 6.20 Å². The van der Waals surface area contributed by atoms with Crippen LogP contribution in [0.3, 0.4) is 0 Å². The van der Waals surface area contributed by atoms with Gasteiger partial charge in [0.2, 0.25) is 0 Å². The van der Waals surface area contributed by atoms with E-state index in [1.54, 1.807) is 42.7 Å². The number of H-pyrrole nitrogens is 1. The van der Waals surface area contributed by atoms with Crippen LogP contribution in [-0.4, -0.2) is 32.0 Å². The molecule has 0 bridgehead atoms. The number of rotatable bonds is 6. The fraction of sp³-hybridized carbons (Fsp3) is 0. The van der Waals surface area contributed by atoms with Crippen molar-refractivity contribution in [3.05, 3.63) is 114 Å². The van der Waals surface area contributed by atoms with Gasteiger partial charge in [0.25, 0.3) is 11.8 Å². The van der Waals surface area contributed by atoms with Gasteiger partial charge in [-0.3, -0.25) is 35.5 Å². The largest absolute Gasteiger partial charge is 0.355 e. The maximum Gasteiger partial charge on any atom is 0.271 e. The van der Waals surface area contributed by atoms with Gasteiger partial charge in [-0.25, -0.2) is 0 Å². The second-order valence-electron chi connectivity index (χ2n) is 7.78. The minimum Gasteiger partial charge on any atom is -0.355 e. The van der Waals surface area contributed by atoms with Crippen LogP contribution in [0.5, 0.6) is 0 Å². The number of pyridine rings is 2. The van der Waals surface area contributed by atoms with Gasteiger partial charge in [0.05, 0.1) is 33.7 Å². The third-order valence-corrected chi connectivity index (χ3v) is 5.36. The summed E-state index contributed by atoms with van der Waals surface area (Å²) in [5.74, 6) is -0.917. The summed E-state index contributed by atoms with van der Waals surface area (Å²) in [6, 6.07) is 21.8. The number of nitrogens with one attached hydrogen (secondary N) is 4. The van der Waals surface area contributed by atoms with Crippen LogP contribution in [0.4, 0.5) is 11.4 Å². The van der Waals surface area contributed by atoms with E-state index in [0.717, 1.165) is 28.0 Å². The molecular weight excluding hydrogens is 454 g/mol. The molecule has 0 spiro atoms. The number of amides is 2. The highest BCUT2D eigenvalue weighted by Crippen LogP contribution is 2.26. The molecule has 5 rings (SSSR count). The molecule has 3 heterocycles. The molecular formula is C27H21N7O2. The molecule has 0 aliphatic rings. The minimum absolute atomic E-state index is 0.339. The number of hydrogen-bond acceptors (Lipinski definition) is 6. The molecule has 0 aliphatic heterocycles. The third-order valence-electron chi connectivity index (χ3n) is 5.36. The van der Waals surface area contributed by atoms with Crippen LogP contribution in [-0.2, 0) is 0 Å². The van der Waals surface area contributed by atoms with Crippen molar-refractivity contribution in [3.8, 4) is 0 Å². The van der Waals surface area contributed by atoms with Crippen molar-refractivity contribution in [1.82, 2.24) is 31.0 Å². The highest BCUT2D eigenvalue weighted by atomic mass is 16.2. The van der Waals surface area contributed by atoms with Crippen LogP contribution in [0.25, 0.3) is 23.1 Å². The molecule has 0 saturated heterocycles. The number of hydrazine groups is 1. The van der Waals surface area contributed by atoms with Gasteiger partial charge in [-0.05, 0) is 66.7 Å². The average Bonchev–Trinajstić information content (AvgIpc) is 3.34. The van der Waals surface area contributed by atoms with Gasteiger partial charge < -0.3 is 5.32 Å². The quantitative estimate of drug-likeness (QED) is 0.271. The first kappa shape index (κ1) is 22.5. The third kappa shape index (κ3) is 5.10. The number of aromatic nitrogens is 4. The predicted octanol–water partition coefficient (Wildman–Crippen LogP) is 4.34. The molecule has 0 unspecified atom stereocenters. The van der Waals surface area contributed by atoms with Gasteiger partial charge in [-0.2, -0.15) is 5.10 Å². The summed E-state index contributed by atoms with van der Waals surface area (Å²) in [4.78, 5) is 33.2. The molecule has 176 valence electrons. The van der Waals surface area contributed by atoms with Crippen LogP contribution in [0.2, 0.25) is 0 Å². The summed E-state index contributed by atoms with van der Waals surface area (Å²) >= 11 is 0. The zero-order chi connectivity index (χ0) is 24.7. The fourth-order valence-corrected chi connectivity index (χ4v) is 3.58. The van der Waals surface area contributed by atoms with Crippen LogP contribution in [0, 0.1) is 0 Å². The molecule has 4 N–H and O–H groups in total. The molecule has 9 nitrogen and oxygen atoms in total. The van der Waals surface area contributed by atoms with Crippen molar-refractivity contribution in [2.75, 3.05) is 5.32 Å². The van der Waals surface area contributed by atoms with Crippen molar-refractivity contribution in [2.45, 2.75) is 0 Å². The van der Waals surface area contributed by atoms with Gasteiger partial charge in [-0.1, -0.05) is 18.2 Å². The smallest absolute Gasteiger partial charge is 0.271 e. The highest BCUT2D eigenvalue weighted by molar-refractivity contribution is 6.03. The van der Waals surface area contributed by atoms with Crippen molar-refractivity contribution in [3.63, 3.8) is 0 Å². The SMILES string of the molecule is O=C(NNC(=O)c1ccccc1Nc1ccc2c(/C=C/c3ccccn3)n[nH]c2c1)c1cccnc1. The van der Waals surface area contributed by atoms with Gasteiger partial charge in [-0.15, -0.1) is 0 Å². The van der Waals surface area contributed by atoms with E-state index in [4.69, 9.17) is 0 Å². The zero-order valence-corrected chi connectivity index (χ0v) is 19.0. The fourth-order valence-electron chi connectivity index (χ4n) is 3.58. The lowest BCUT2D eigenvalue weighted by molar-refractivity contribution is 0.0847. The van der Waals surface area contributed by atoms with Crippen LogP contribution < -0.4 is 16.2 Å². The summed E-state index contributed by atoms with van der Waals surface area (Å²) in [5.41, 5.74) is 9.40. The van der Waals surface area contributed by atoms with Gasteiger partial charge >= 0.3 is 0 Å². The Balaban J connectivity index is 1.30. The molecule has 0 aliphatic carbocycles. The van der Waals surface area contributed by atoms with Crippen molar-refractivity contribution < 1.29 is 9.59 Å². The van der Waals surface area contributed by atoms with E-state index < -0.39 is 11.8 Å². The van der Waals surface area contributed by atoms with E-state index in [9.17, 15) is 9.59 Å². The molecule has 2 amide bonds. The molecule has 2 aromatic carbocycles. The van der Waals surface area contributed by atoms with Gasteiger partial charge in [0.1, 0.15) is 0 Å². The topological polar surface area (TPSA) is 125 Å². The van der Waals surface area contributed by atoms with E-state index >= 15 is 0 Å². The summed E-state index contributed by atoms with van der Waals surface area (Å²) in [7, 11) is 0. The standard InChI is InChI=1S/C27H21N7O2/c35-26(18-6-5-14-28-17-18)33-34-27(36)22-8-1-2-9-23(22)30-20-10-12-21-24(31-32-25(21)16-20)13-11-19-7-3-4-15-29-19/h1-17,30H,(H,31,32)(H,33,35)(H,34,36)/b13-11+. The summed E-state index contributed by atoms with van der Waals surface area (Å²) in [6.07, 6.45) is 8.55. The predicted molar refractivity (Wildman–Crippen MR) is 138 cm³/mol. The number of fused-ring (bicyclic) bond motifs is 1. The average molecular weight is 476 g/mol. The Morgan fingerprint density at radius 1 is 0.833 bits per heavy atom.